The summed E-state index contributed by atoms with van der Waals surface area (Å²) >= 11 is 5.40. The first-order chi connectivity index (χ1) is 10.2. The van der Waals surface area contributed by atoms with Crippen LogP contribution < -0.4 is 5.32 Å². The Bertz CT molecular complexity index is 599. The molecule has 21 heavy (non-hydrogen) atoms. The zero-order valence-electron chi connectivity index (χ0n) is 12.6. The van der Waals surface area contributed by atoms with Crippen molar-refractivity contribution < 1.29 is 0 Å². The molecule has 2 aromatic rings. The molecule has 1 aromatic heterocycles. The Balaban J connectivity index is 2.32. The topological polar surface area (TPSA) is 37.8 Å². The second-order valence-corrected chi connectivity index (χ2v) is 6.81. The number of aromatic nitrogens is 2. The molecule has 1 aromatic carbocycles. The van der Waals surface area contributed by atoms with Gasteiger partial charge in [0.15, 0.2) is 5.82 Å². The minimum atomic E-state index is 0.766. The monoisotopic (exact) mass is 365 g/mol. The Labute approximate surface area is 139 Å². The number of hydrogen-bond donors (Lipinski definition) is 1. The standard InChI is InChI=1S/C16H20BrN3S/c1-4-10-18-16-14(17)11(3)19-15(20-16)12-6-8-13(9-7-12)21-5-2/h6-9H,4-5,10H2,1-3H3,(H,18,19,20). The highest BCUT2D eigenvalue weighted by Crippen LogP contribution is 2.28. The van der Waals surface area contributed by atoms with Crippen LogP contribution in [0.15, 0.2) is 33.6 Å². The minimum Gasteiger partial charge on any atom is -0.369 e. The first-order valence-corrected chi connectivity index (χ1v) is 8.94. The van der Waals surface area contributed by atoms with Gasteiger partial charge in [-0.05, 0) is 47.2 Å². The van der Waals surface area contributed by atoms with Crippen molar-refractivity contribution in [2.45, 2.75) is 32.1 Å². The minimum absolute atomic E-state index is 0.766. The zero-order valence-corrected chi connectivity index (χ0v) is 15.0. The molecule has 0 spiro atoms. The van der Waals surface area contributed by atoms with E-state index in [1.807, 2.05) is 18.7 Å². The van der Waals surface area contributed by atoms with E-state index in [2.05, 4.69) is 69.3 Å². The highest BCUT2D eigenvalue weighted by Gasteiger charge is 2.10. The van der Waals surface area contributed by atoms with Gasteiger partial charge in [-0.3, -0.25) is 0 Å². The van der Waals surface area contributed by atoms with Gasteiger partial charge in [-0.15, -0.1) is 11.8 Å². The predicted octanol–water partition coefficient (Wildman–Crippen LogP) is 5.15. The molecule has 1 N–H and O–H groups in total. The van der Waals surface area contributed by atoms with Crippen molar-refractivity contribution in [2.24, 2.45) is 0 Å². The summed E-state index contributed by atoms with van der Waals surface area (Å²) in [6.45, 7) is 7.19. The van der Waals surface area contributed by atoms with Crippen LogP contribution in [0.5, 0.6) is 0 Å². The quantitative estimate of drug-likeness (QED) is 0.718. The summed E-state index contributed by atoms with van der Waals surface area (Å²) < 4.78 is 0.942. The van der Waals surface area contributed by atoms with Crippen molar-refractivity contribution in [3.05, 3.63) is 34.4 Å². The van der Waals surface area contributed by atoms with E-state index in [9.17, 15) is 0 Å². The summed E-state index contributed by atoms with van der Waals surface area (Å²) in [7, 11) is 0. The van der Waals surface area contributed by atoms with Crippen molar-refractivity contribution >= 4 is 33.5 Å². The molecule has 0 radical (unpaired) electrons. The van der Waals surface area contributed by atoms with Crippen LogP contribution in [0.25, 0.3) is 11.4 Å². The molecule has 1 heterocycles. The smallest absolute Gasteiger partial charge is 0.161 e. The average Bonchev–Trinajstić information content (AvgIpc) is 2.50. The van der Waals surface area contributed by atoms with Gasteiger partial charge < -0.3 is 5.32 Å². The average molecular weight is 366 g/mol. The third kappa shape index (κ3) is 4.20. The van der Waals surface area contributed by atoms with Gasteiger partial charge in [0.05, 0.1) is 10.2 Å². The Morgan fingerprint density at radius 1 is 1.14 bits per heavy atom. The van der Waals surface area contributed by atoms with E-state index in [0.29, 0.717) is 0 Å². The molecule has 0 aliphatic carbocycles. The van der Waals surface area contributed by atoms with Crippen molar-refractivity contribution in [1.29, 1.82) is 0 Å². The summed E-state index contributed by atoms with van der Waals surface area (Å²) in [5.41, 5.74) is 2.00. The van der Waals surface area contributed by atoms with Crippen LogP contribution in [0, 0.1) is 6.92 Å². The molecule has 112 valence electrons. The van der Waals surface area contributed by atoms with Crippen molar-refractivity contribution in [2.75, 3.05) is 17.6 Å². The van der Waals surface area contributed by atoms with Crippen LogP contribution >= 0.6 is 27.7 Å². The number of nitrogens with one attached hydrogen (secondary N) is 1. The molecule has 0 bridgehead atoms. The van der Waals surface area contributed by atoms with E-state index in [4.69, 9.17) is 0 Å². The third-order valence-corrected chi connectivity index (χ3v) is 4.83. The molecule has 0 amide bonds. The van der Waals surface area contributed by atoms with Crippen LogP contribution in [0.4, 0.5) is 5.82 Å². The molecule has 0 aliphatic rings. The third-order valence-electron chi connectivity index (χ3n) is 2.98. The molecule has 2 rings (SSSR count). The lowest BCUT2D eigenvalue weighted by molar-refractivity contribution is 0.958. The normalized spacial score (nSPS) is 10.7. The maximum absolute atomic E-state index is 4.64. The van der Waals surface area contributed by atoms with Crippen molar-refractivity contribution in [3.8, 4) is 11.4 Å². The number of anilines is 1. The number of hydrogen-bond acceptors (Lipinski definition) is 4. The van der Waals surface area contributed by atoms with Gasteiger partial charge in [0, 0.05) is 17.0 Å². The molecule has 0 atom stereocenters. The lowest BCUT2D eigenvalue weighted by Crippen LogP contribution is -2.06. The second-order valence-electron chi connectivity index (χ2n) is 4.68. The fourth-order valence-electron chi connectivity index (χ4n) is 1.92. The summed E-state index contributed by atoms with van der Waals surface area (Å²) in [6, 6.07) is 8.43. The van der Waals surface area contributed by atoms with Crippen LogP contribution in [-0.4, -0.2) is 22.3 Å². The van der Waals surface area contributed by atoms with Crippen molar-refractivity contribution in [3.63, 3.8) is 0 Å². The van der Waals surface area contributed by atoms with Crippen LogP contribution in [0.3, 0.4) is 0 Å². The number of nitrogens with zero attached hydrogens (tertiary/aromatic N) is 2. The molecular weight excluding hydrogens is 346 g/mol. The zero-order chi connectivity index (χ0) is 15.2. The molecule has 0 unspecified atom stereocenters. The van der Waals surface area contributed by atoms with E-state index in [0.717, 1.165) is 46.1 Å². The fourth-order valence-corrected chi connectivity index (χ4v) is 2.90. The Hall–Kier alpha value is -1.07. The Morgan fingerprint density at radius 3 is 2.48 bits per heavy atom. The number of rotatable bonds is 6. The van der Waals surface area contributed by atoms with Crippen LogP contribution in [0.2, 0.25) is 0 Å². The Kier molecular flexibility index (Phi) is 6.06. The van der Waals surface area contributed by atoms with Crippen LogP contribution in [-0.2, 0) is 0 Å². The molecule has 0 aliphatic heterocycles. The maximum atomic E-state index is 4.64. The maximum Gasteiger partial charge on any atom is 0.161 e. The number of halogens is 1. The lowest BCUT2D eigenvalue weighted by Gasteiger charge is -2.11. The molecule has 0 fully saturated rings. The summed E-state index contributed by atoms with van der Waals surface area (Å²) in [6.07, 6.45) is 1.06. The molecule has 0 saturated heterocycles. The molecule has 5 heteroatoms. The SMILES string of the molecule is CCCNc1nc(-c2ccc(SCC)cc2)nc(C)c1Br. The van der Waals surface area contributed by atoms with Gasteiger partial charge in [-0.25, -0.2) is 9.97 Å². The van der Waals surface area contributed by atoms with Crippen LogP contribution in [0.1, 0.15) is 26.0 Å². The largest absolute Gasteiger partial charge is 0.369 e. The van der Waals surface area contributed by atoms with Gasteiger partial charge in [-0.1, -0.05) is 26.0 Å². The first kappa shape index (κ1) is 16.3. The number of aryl methyl sites for hydroxylation is 1. The number of thioether (sulfide) groups is 1. The molecular formula is C16H20BrN3S. The lowest BCUT2D eigenvalue weighted by atomic mass is 10.2. The highest BCUT2D eigenvalue weighted by molar-refractivity contribution is 9.10. The van der Waals surface area contributed by atoms with Gasteiger partial charge in [-0.2, -0.15) is 0 Å². The summed E-state index contributed by atoms with van der Waals surface area (Å²) in [5, 5.41) is 3.34. The predicted molar refractivity (Wildman–Crippen MR) is 95.1 cm³/mol. The van der Waals surface area contributed by atoms with E-state index in [-0.39, 0.29) is 0 Å². The molecule has 3 nitrogen and oxygen atoms in total. The van der Waals surface area contributed by atoms with E-state index in [1.54, 1.807) is 0 Å². The van der Waals surface area contributed by atoms with E-state index in [1.165, 1.54) is 4.90 Å². The van der Waals surface area contributed by atoms with Gasteiger partial charge in [0.25, 0.3) is 0 Å². The highest BCUT2D eigenvalue weighted by atomic mass is 79.9. The van der Waals surface area contributed by atoms with Gasteiger partial charge in [0.1, 0.15) is 5.82 Å². The van der Waals surface area contributed by atoms with Gasteiger partial charge >= 0.3 is 0 Å². The first-order valence-electron chi connectivity index (χ1n) is 7.17. The Morgan fingerprint density at radius 2 is 1.86 bits per heavy atom. The van der Waals surface area contributed by atoms with Gasteiger partial charge in [0.2, 0.25) is 0 Å². The number of benzene rings is 1. The fraction of sp³-hybridized carbons (Fsp3) is 0.375. The van der Waals surface area contributed by atoms with E-state index < -0.39 is 0 Å². The van der Waals surface area contributed by atoms with E-state index >= 15 is 0 Å². The second kappa shape index (κ2) is 7.80. The summed E-state index contributed by atoms with van der Waals surface area (Å²) in [4.78, 5) is 10.5. The van der Waals surface area contributed by atoms with Crippen molar-refractivity contribution in [1.82, 2.24) is 9.97 Å². The summed E-state index contributed by atoms with van der Waals surface area (Å²) in [5.74, 6) is 2.71. The molecule has 0 saturated carbocycles.